The number of carbonyl (C=O) groups is 2. The molecule has 5 heterocycles. The molecule has 2 amide bonds. The van der Waals surface area contributed by atoms with Gasteiger partial charge in [0.25, 0.3) is 5.91 Å². The van der Waals surface area contributed by atoms with Crippen LogP contribution in [0.3, 0.4) is 0 Å². The zero-order chi connectivity index (χ0) is 25.4. The molecule has 1 atom stereocenters. The highest BCUT2D eigenvalue weighted by atomic mass is 35.5. The van der Waals surface area contributed by atoms with Crippen LogP contribution in [-0.2, 0) is 11.1 Å². The van der Waals surface area contributed by atoms with E-state index in [9.17, 15) is 9.59 Å². The summed E-state index contributed by atoms with van der Waals surface area (Å²) in [6, 6.07) is 11.4. The van der Waals surface area contributed by atoms with Gasteiger partial charge in [0, 0.05) is 36.8 Å². The molecule has 1 aromatic carbocycles. The summed E-state index contributed by atoms with van der Waals surface area (Å²) in [4.78, 5) is 30.4. The Balaban J connectivity index is 1.53. The van der Waals surface area contributed by atoms with E-state index in [4.69, 9.17) is 16.7 Å². The van der Waals surface area contributed by atoms with Gasteiger partial charge in [-0.05, 0) is 29.7 Å². The van der Waals surface area contributed by atoms with Crippen LogP contribution < -0.4 is 4.57 Å². The Hall–Kier alpha value is -3.72. The number of hydrogen-bond acceptors (Lipinski definition) is 4. The number of nitrogens with zero attached hydrogens (tertiary/aromatic N) is 6. The molecule has 1 N–H and O–H groups in total. The van der Waals surface area contributed by atoms with Gasteiger partial charge in [0.2, 0.25) is 11.4 Å². The highest BCUT2D eigenvalue weighted by molar-refractivity contribution is 6.30. The van der Waals surface area contributed by atoms with E-state index in [0.717, 1.165) is 22.5 Å². The van der Waals surface area contributed by atoms with E-state index >= 15 is 0 Å². The number of H-pyrrole nitrogens is 1. The predicted octanol–water partition coefficient (Wildman–Crippen LogP) is 3.25. The lowest BCUT2D eigenvalue weighted by Gasteiger charge is -2.42. The first-order valence-corrected chi connectivity index (χ1v) is 12.3. The van der Waals surface area contributed by atoms with Crippen LogP contribution in [0.5, 0.6) is 0 Å². The fourth-order valence-electron chi connectivity index (χ4n) is 5.43. The van der Waals surface area contributed by atoms with Crippen molar-refractivity contribution in [1.82, 2.24) is 29.6 Å². The van der Waals surface area contributed by atoms with E-state index in [-0.39, 0.29) is 17.2 Å². The van der Waals surface area contributed by atoms with Crippen molar-refractivity contribution < 1.29 is 14.2 Å². The fraction of sp³-hybridized carbons (Fsp3) is 0.346. The molecule has 2 aliphatic rings. The molecule has 9 nitrogen and oxygen atoms in total. The first-order chi connectivity index (χ1) is 17.1. The second-order valence-corrected chi connectivity index (χ2v) is 11.1. The van der Waals surface area contributed by atoms with Crippen molar-refractivity contribution in [2.24, 2.45) is 0 Å². The van der Waals surface area contributed by atoms with Crippen LogP contribution in [0.1, 0.15) is 54.2 Å². The lowest BCUT2D eigenvalue weighted by Crippen LogP contribution is -2.69. The Kier molecular flexibility index (Phi) is 4.82. The molecule has 1 fully saturated rings. The Morgan fingerprint density at radius 1 is 1.17 bits per heavy atom. The molecule has 184 valence electrons. The van der Waals surface area contributed by atoms with Crippen LogP contribution in [-0.4, -0.2) is 61.1 Å². The maximum absolute atomic E-state index is 13.6. The van der Waals surface area contributed by atoms with E-state index < -0.39 is 5.66 Å². The molecule has 0 radical (unpaired) electrons. The SMILES string of the molecule is CC(C)(C)c1cc(-c2ccc(Cl)cc2)nn2cc3[n+](c12)C1(C)CN(C(=O)c2ccn[nH]2)CCN1C3=O. The minimum absolute atomic E-state index is 0.0514. The molecule has 3 aromatic heterocycles. The fourth-order valence-corrected chi connectivity index (χ4v) is 5.55. The third kappa shape index (κ3) is 3.26. The number of halogens is 1. The number of aromatic nitrogens is 5. The van der Waals surface area contributed by atoms with Gasteiger partial charge in [-0.3, -0.25) is 19.6 Å². The smallest absolute Gasteiger partial charge is 0.313 e. The van der Waals surface area contributed by atoms with Crippen molar-refractivity contribution in [3.05, 3.63) is 70.8 Å². The Morgan fingerprint density at radius 2 is 1.92 bits per heavy atom. The zero-order valence-electron chi connectivity index (χ0n) is 20.6. The largest absolute Gasteiger partial charge is 0.329 e. The summed E-state index contributed by atoms with van der Waals surface area (Å²) < 4.78 is 3.89. The number of aromatic amines is 1. The van der Waals surface area contributed by atoms with Gasteiger partial charge in [-0.15, -0.1) is 0 Å². The summed E-state index contributed by atoms with van der Waals surface area (Å²) in [6.07, 6.45) is 3.38. The second-order valence-electron chi connectivity index (χ2n) is 10.7. The van der Waals surface area contributed by atoms with Gasteiger partial charge < -0.3 is 4.90 Å². The topological polar surface area (TPSA) is 90.5 Å². The minimum atomic E-state index is -0.751. The van der Waals surface area contributed by atoms with E-state index in [0.29, 0.717) is 36.0 Å². The third-order valence-corrected chi connectivity index (χ3v) is 7.48. The van der Waals surface area contributed by atoms with Gasteiger partial charge in [0.15, 0.2) is 6.20 Å². The third-order valence-electron chi connectivity index (χ3n) is 7.23. The minimum Gasteiger partial charge on any atom is -0.329 e. The molecule has 0 bridgehead atoms. The average Bonchev–Trinajstić information content (AvgIpc) is 3.54. The van der Waals surface area contributed by atoms with Crippen molar-refractivity contribution in [1.29, 1.82) is 0 Å². The van der Waals surface area contributed by atoms with Crippen molar-refractivity contribution in [3.63, 3.8) is 0 Å². The van der Waals surface area contributed by atoms with Crippen LogP contribution in [0.15, 0.2) is 48.8 Å². The van der Waals surface area contributed by atoms with Gasteiger partial charge in [-0.2, -0.15) is 9.67 Å². The Bertz CT molecular complexity index is 1520. The lowest BCUT2D eigenvalue weighted by molar-refractivity contribution is -0.749. The Labute approximate surface area is 213 Å². The molecule has 6 rings (SSSR count). The number of carbonyl (C=O) groups excluding carboxylic acids is 2. The van der Waals surface area contributed by atoms with Crippen LogP contribution in [0.25, 0.3) is 16.9 Å². The number of amides is 2. The maximum atomic E-state index is 13.6. The molecular formula is C26H27ClN7O2+. The van der Waals surface area contributed by atoms with Crippen LogP contribution in [0.2, 0.25) is 5.02 Å². The first kappa shape index (κ1) is 22.7. The summed E-state index contributed by atoms with van der Waals surface area (Å²) in [6.45, 7) is 9.74. The first-order valence-electron chi connectivity index (χ1n) is 11.9. The second kappa shape index (κ2) is 7.64. The summed E-state index contributed by atoms with van der Waals surface area (Å²) in [5.41, 5.74) is 3.67. The predicted molar refractivity (Wildman–Crippen MR) is 134 cm³/mol. The standard InChI is InChI=1S/C26H26ClN7O2/c1-25(2,3)18-13-20(16-5-7-17(27)8-6-16)30-33-14-21-24(36)32-12-11-31(23(35)19-9-10-28-29-19)15-26(32,4)34(21)22(18)33/h5-10,13-14H,11-12,15H2,1-4H3/p+1. The quantitative estimate of drug-likeness (QED) is 0.424. The van der Waals surface area contributed by atoms with Crippen molar-refractivity contribution >= 4 is 29.1 Å². The molecule has 0 spiro atoms. The van der Waals surface area contributed by atoms with Gasteiger partial charge in [-0.1, -0.05) is 54.1 Å². The molecule has 1 unspecified atom stereocenters. The monoisotopic (exact) mass is 504 g/mol. The molecule has 0 saturated carbocycles. The van der Waals surface area contributed by atoms with Gasteiger partial charge in [0.05, 0.1) is 12.1 Å². The molecular weight excluding hydrogens is 478 g/mol. The van der Waals surface area contributed by atoms with Crippen molar-refractivity contribution in [3.8, 4) is 11.3 Å². The normalized spacial score (nSPS) is 19.6. The van der Waals surface area contributed by atoms with E-state index in [1.165, 1.54) is 0 Å². The van der Waals surface area contributed by atoms with Gasteiger partial charge in [0.1, 0.15) is 11.4 Å². The van der Waals surface area contributed by atoms with Gasteiger partial charge >= 0.3 is 11.6 Å². The molecule has 0 aliphatic carbocycles. The van der Waals surface area contributed by atoms with Gasteiger partial charge in [-0.25, -0.2) is 0 Å². The van der Waals surface area contributed by atoms with E-state index in [1.54, 1.807) is 17.2 Å². The molecule has 2 aliphatic heterocycles. The van der Waals surface area contributed by atoms with Crippen molar-refractivity contribution in [2.75, 3.05) is 19.6 Å². The number of fused-ring (bicyclic) bond motifs is 5. The van der Waals surface area contributed by atoms with E-state index in [2.05, 4.69) is 41.6 Å². The van der Waals surface area contributed by atoms with Crippen LogP contribution in [0.4, 0.5) is 0 Å². The number of piperazine rings is 1. The zero-order valence-corrected chi connectivity index (χ0v) is 21.4. The number of hydrogen-bond donors (Lipinski definition) is 1. The molecule has 4 aromatic rings. The molecule has 10 heteroatoms. The van der Waals surface area contributed by atoms with Crippen LogP contribution >= 0.6 is 11.6 Å². The number of benzene rings is 1. The number of nitrogens with one attached hydrogen (secondary N) is 1. The number of imidazole rings is 1. The summed E-state index contributed by atoms with van der Waals surface area (Å²) in [5.74, 6) is -0.179. The molecule has 36 heavy (non-hydrogen) atoms. The maximum Gasteiger partial charge on any atom is 0.313 e. The summed E-state index contributed by atoms with van der Waals surface area (Å²) >= 11 is 6.11. The van der Waals surface area contributed by atoms with Crippen LogP contribution in [0, 0.1) is 0 Å². The average molecular weight is 505 g/mol. The lowest BCUT2D eigenvalue weighted by atomic mass is 9.87. The summed E-state index contributed by atoms with van der Waals surface area (Å²) in [7, 11) is 0. The number of rotatable bonds is 2. The Morgan fingerprint density at radius 3 is 2.58 bits per heavy atom. The summed E-state index contributed by atoms with van der Waals surface area (Å²) in [5, 5.41) is 12.2. The van der Waals surface area contributed by atoms with Crippen molar-refractivity contribution in [2.45, 2.75) is 38.8 Å². The highest BCUT2D eigenvalue weighted by Crippen LogP contribution is 2.35. The van der Waals surface area contributed by atoms with E-state index in [1.807, 2.05) is 46.8 Å². The molecule has 1 saturated heterocycles. The highest BCUT2D eigenvalue weighted by Gasteiger charge is 2.57.